The van der Waals surface area contributed by atoms with Crippen molar-refractivity contribution in [2.24, 2.45) is 0 Å². The van der Waals surface area contributed by atoms with Crippen LogP contribution in [0.3, 0.4) is 0 Å². The second kappa shape index (κ2) is 9.43. The number of carbonyl (C=O) groups excluding carboxylic acids is 1. The first-order chi connectivity index (χ1) is 16.8. The molecule has 1 aliphatic rings. The van der Waals surface area contributed by atoms with E-state index in [2.05, 4.69) is 0 Å². The highest BCUT2D eigenvalue weighted by molar-refractivity contribution is 7.99. The Balaban J connectivity index is 1.59. The summed E-state index contributed by atoms with van der Waals surface area (Å²) in [4.78, 5) is 32.8. The summed E-state index contributed by atoms with van der Waals surface area (Å²) in [5.41, 5.74) is 2.14. The minimum atomic E-state index is -0.395. The highest BCUT2D eigenvalue weighted by Crippen LogP contribution is 2.35. The van der Waals surface area contributed by atoms with Gasteiger partial charge in [0.15, 0.2) is 10.9 Å². The van der Waals surface area contributed by atoms with E-state index in [-0.39, 0.29) is 17.0 Å². The maximum atomic E-state index is 13.5. The molecule has 0 saturated carbocycles. The largest absolute Gasteiger partial charge is 0.497 e. The molecule has 0 atom stereocenters. The van der Waals surface area contributed by atoms with Gasteiger partial charge in [0.05, 0.1) is 25.1 Å². The average molecular weight is 527 g/mol. The van der Waals surface area contributed by atoms with Crippen molar-refractivity contribution in [2.75, 3.05) is 12.9 Å². The van der Waals surface area contributed by atoms with E-state index in [1.54, 1.807) is 31.4 Å². The molecule has 35 heavy (non-hydrogen) atoms. The number of thioether (sulfide) groups is 1. The van der Waals surface area contributed by atoms with E-state index in [4.69, 9.17) is 26.1 Å². The molecule has 0 spiro atoms. The Morgan fingerprint density at radius 3 is 2.60 bits per heavy atom. The summed E-state index contributed by atoms with van der Waals surface area (Å²) in [6.45, 7) is 4.37. The van der Waals surface area contributed by atoms with E-state index in [0.29, 0.717) is 34.3 Å². The van der Waals surface area contributed by atoms with Crippen LogP contribution in [-0.4, -0.2) is 33.8 Å². The molecular weight excluding hydrogens is 504 g/mol. The van der Waals surface area contributed by atoms with Gasteiger partial charge in [0.25, 0.3) is 0 Å². The zero-order valence-corrected chi connectivity index (χ0v) is 21.9. The van der Waals surface area contributed by atoms with E-state index in [0.717, 1.165) is 26.7 Å². The van der Waals surface area contributed by atoms with Gasteiger partial charge in [-0.3, -0.25) is 14.2 Å². The van der Waals surface area contributed by atoms with E-state index < -0.39 is 5.60 Å². The monoisotopic (exact) mass is 526 g/mol. The van der Waals surface area contributed by atoms with Gasteiger partial charge in [-0.15, -0.1) is 11.3 Å². The number of benzene rings is 2. The molecule has 180 valence electrons. The molecule has 0 radical (unpaired) electrons. The number of fused-ring (bicyclic) bond motifs is 2. The summed E-state index contributed by atoms with van der Waals surface area (Å²) in [6, 6.07) is 14.4. The molecule has 0 saturated heterocycles. The van der Waals surface area contributed by atoms with Gasteiger partial charge in [0.1, 0.15) is 16.1 Å². The number of halogens is 1. The van der Waals surface area contributed by atoms with E-state index in [9.17, 15) is 9.59 Å². The minimum absolute atomic E-state index is 0.0412. The minimum Gasteiger partial charge on any atom is -0.497 e. The normalized spacial score (nSPS) is 14.6. The molecule has 0 unspecified atom stereocenters. The van der Waals surface area contributed by atoms with Crippen LogP contribution in [-0.2, 0) is 17.8 Å². The molecule has 9 heteroatoms. The zero-order chi connectivity index (χ0) is 24.7. The fraction of sp³-hybridized carbons (Fsp3) is 0.269. The summed E-state index contributed by atoms with van der Waals surface area (Å²) in [7, 11) is 1.62. The van der Waals surface area contributed by atoms with Crippen molar-refractivity contribution < 1.29 is 14.3 Å². The Morgan fingerprint density at radius 1 is 1.20 bits per heavy atom. The number of nitrogens with zero attached hydrogens (tertiary/aromatic N) is 2. The Morgan fingerprint density at radius 2 is 1.91 bits per heavy atom. The fourth-order valence-electron chi connectivity index (χ4n) is 4.01. The number of hydrogen-bond acceptors (Lipinski definition) is 7. The highest BCUT2D eigenvalue weighted by Gasteiger charge is 2.31. The Kier molecular flexibility index (Phi) is 6.48. The van der Waals surface area contributed by atoms with Crippen LogP contribution in [0.4, 0.5) is 0 Å². The molecule has 5 rings (SSSR count). The van der Waals surface area contributed by atoms with Crippen molar-refractivity contribution >= 4 is 50.8 Å². The lowest BCUT2D eigenvalue weighted by molar-refractivity contribution is -0.0386. The Hall–Kier alpha value is -2.65. The van der Waals surface area contributed by atoms with Crippen molar-refractivity contribution in [3.8, 4) is 11.4 Å². The quantitative estimate of drug-likeness (QED) is 0.229. The van der Waals surface area contributed by atoms with Gasteiger partial charge in [-0.1, -0.05) is 23.4 Å². The van der Waals surface area contributed by atoms with Crippen molar-refractivity contribution in [1.29, 1.82) is 0 Å². The van der Waals surface area contributed by atoms with E-state index in [1.807, 2.05) is 42.7 Å². The number of rotatable bonds is 6. The molecule has 4 aromatic rings. The van der Waals surface area contributed by atoms with Crippen LogP contribution in [0.5, 0.6) is 5.75 Å². The number of imidazole rings is 1. The molecule has 6 nitrogen and oxygen atoms in total. The number of ketones is 1. The predicted molar refractivity (Wildman–Crippen MR) is 141 cm³/mol. The van der Waals surface area contributed by atoms with E-state index in [1.165, 1.54) is 23.1 Å². The van der Waals surface area contributed by atoms with Crippen LogP contribution in [0.2, 0.25) is 5.02 Å². The van der Waals surface area contributed by atoms with Crippen molar-refractivity contribution in [1.82, 2.24) is 9.55 Å². The van der Waals surface area contributed by atoms with Crippen LogP contribution in [0.25, 0.3) is 16.0 Å². The summed E-state index contributed by atoms with van der Waals surface area (Å²) in [5.74, 6) is 0.863. The van der Waals surface area contributed by atoms with Crippen LogP contribution >= 0.6 is 34.7 Å². The third-order valence-electron chi connectivity index (χ3n) is 5.88. The van der Waals surface area contributed by atoms with Gasteiger partial charge in [0.2, 0.25) is 5.43 Å². The second-order valence-electron chi connectivity index (χ2n) is 8.86. The van der Waals surface area contributed by atoms with Gasteiger partial charge >= 0.3 is 0 Å². The van der Waals surface area contributed by atoms with E-state index >= 15 is 0 Å². The molecule has 2 aromatic carbocycles. The lowest BCUT2D eigenvalue weighted by atomic mass is 9.95. The molecule has 0 fully saturated rings. The summed E-state index contributed by atoms with van der Waals surface area (Å²) in [5, 5.41) is 1.17. The molecule has 0 aliphatic carbocycles. The first-order valence-corrected chi connectivity index (χ1v) is 13.2. The third kappa shape index (κ3) is 4.76. The number of hydrogen-bond donors (Lipinski definition) is 0. The Labute approximate surface area is 215 Å². The maximum Gasteiger partial charge on any atom is 0.211 e. The van der Waals surface area contributed by atoms with Gasteiger partial charge in [-0.25, -0.2) is 4.98 Å². The number of Topliss-reactive ketones (excluding diaryl/α,β-unsaturated/α-hetero) is 1. The van der Waals surface area contributed by atoms with Gasteiger partial charge in [0, 0.05) is 33.1 Å². The maximum absolute atomic E-state index is 13.5. The molecule has 1 aliphatic heterocycles. The summed E-state index contributed by atoms with van der Waals surface area (Å²) >= 11 is 8.79. The predicted octanol–water partition coefficient (Wildman–Crippen LogP) is 5.94. The summed E-state index contributed by atoms with van der Waals surface area (Å²) < 4.78 is 13.2. The number of aromatic nitrogens is 2. The zero-order valence-electron chi connectivity index (χ0n) is 19.5. The molecule has 0 amide bonds. The van der Waals surface area contributed by atoms with Crippen LogP contribution in [0.1, 0.15) is 34.6 Å². The highest BCUT2D eigenvalue weighted by atomic mass is 35.5. The molecule has 2 aromatic heterocycles. The topological polar surface area (TPSA) is 70.4 Å². The first-order valence-electron chi connectivity index (χ1n) is 11.0. The SMILES string of the molecule is COc1ccc(-n2c(SCC(=O)c3ccc(Cl)cc3)nc3c(=O)c4c(sc32)COC(C)(C)C4)cc1. The molecule has 3 heterocycles. The average Bonchev–Trinajstić information content (AvgIpc) is 3.22. The molecular formula is C26H23ClN2O4S2. The molecule has 0 bridgehead atoms. The lowest BCUT2D eigenvalue weighted by Gasteiger charge is -2.30. The van der Waals surface area contributed by atoms with Crippen molar-refractivity contribution in [2.45, 2.75) is 37.6 Å². The van der Waals surface area contributed by atoms with Gasteiger partial charge in [-0.05, 0) is 62.4 Å². The first kappa shape index (κ1) is 24.1. The fourth-order valence-corrected chi connectivity index (χ4v) is 6.26. The standard InChI is InChI=1S/C26H23ClN2O4S2/c1-26(2)12-19-21(13-33-26)35-24-22(23(19)31)28-25(29(24)17-8-10-18(32-3)11-9-17)34-14-20(30)15-4-6-16(27)7-5-15/h4-11H,12-14H2,1-3H3. The van der Waals surface area contributed by atoms with Crippen LogP contribution < -0.4 is 10.2 Å². The Bertz CT molecular complexity index is 1470. The summed E-state index contributed by atoms with van der Waals surface area (Å²) in [6.07, 6.45) is 0.542. The smallest absolute Gasteiger partial charge is 0.211 e. The van der Waals surface area contributed by atoms with Gasteiger partial charge < -0.3 is 9.47 Å². The lowest BCUT2D eigenvalue weighted by Crippen LogP contribution is -2.34. The second-order valence-corrected chi connectivity index (χ2v) is 11.3. The third-order valence-corrected chi connectivity index (χ3v) is 8.25. The van der Waals surface area contributed by atoms with Crippen molar-refractivity contribution in [3.05, 3.63) is 79.8 Å². The van der Waals surface area contributed by atoms with Crippen LogP contribution in [0.15, 0.2) is 58.5 Å². The van der Waals surface area contributed by atoms with Crippen molar-refractivity contribution in [3.63, 3.8) is 0 Å². The number of methoxy groups -OCH3 is 1. The number of ether oxygens (including phenoxy) is 2. The van der Waals surface area contributed by atoms with Crippen LogP contribution in [0, 0.1) is 0 Å². The molecule has 0 N–H and O–H groups in total. The number of carbonyl (C=O) groups is 1. The van der Waals surface area contributed by atoms with Gasteiger partial charge in [-0.2, -0.15) is 0 Å².